The molecule has 0 spiro atoms. The van der Waals surface area contributed by atoms with Crippen molar-refractivity contribution in [1.82, 2.24) is 5.32 Å². The highest BCUT2D eigenvalue weighted by molar-refractivity contribution is 9.10. The lowest BCUT2D eigenvalue weighted by Gasteiger charge is -2.17. The lowest BCUT2D eigenvalue weighted by Crippen LogP contribution is -2.18. The van der Waals surface area contributed by atoms with Crippen LogP contribution in [-0.4, -0.2) is 6.54 Å². The standard InChI is InChI=1S/C18H22BrNS/c1-5-20-14(4)17-9-7-15(19)11-18(17)21-16-8-6-12(2)13(3)10-16/h6-11,14,20H,5H2,1-4H3. The maximum atomic E-state index is 3.59. The molecule has 112 valence electrons. The Bertz CT molecular complexity index is 625. The van der Waals surface area contributed by atoms with E-state index in [0.717, 1.165) is 11.0 Å². The molecule has 0 bridgehead atoms. The van der Waals surface area contributed by atoms with Crippen molar-refractivity contribution in [2.45, 2.75) is 43.5 Å². The molecular weight excluding hydrogens is 342 g/mol. The van der Waals surface area contributed by atoms with E-state index in [1.165, 1.54) is 26.5 Å². The zero-order valence-electron chi connectivity index (χ0n) is 13.0. The van der Waals surface area contributed by atoms with Gasteiger partial charge in [0.15, 0.2) is 0 Å². The van der Waals surface area contributed by atoms with Crippen LogP contribution in [0, 0.1) is 13.8 Å². The van der Waals surface area contributed by atoms with E-state index in [1.54, 1.807) is 0 Å². The van der Waals surface area contributed by atoms with Gasteiger partial charge in [-0.05, 0) is 68.3 Å². The molecule has 2 rings (SSSR count). The summed E-state index contributed by atoms with van der Waals surface area (Å²) >= 11 is 5.43. The third kappa shape index (κ3) is 4.35. The third-order valence-electron chi connectivity index (χ3n) is 3.66. The lowest BCUT2D eigenvalue weighted by molar-refractivity contribution is 0.589. The van der Waals surface area contributed by atoms with E-state index in [9.17, 15) is 0 Å². The van der Waals surface area contributed by atoms with E-state index in [1.807, 2.05) is 11.8 Å². The van der Waals surface area contributed by atoms with Crippen LogP contribution in [0.1, 0.15) is 36.6 Å². The van der Waals surface area contributed by atoms with Crippen LogP contribution >= 0.6 is 27.7 Å². The van der Waals surface area contributed by atoms with Gasteiger partial charge in [0.2, 0.25) is 0 Å². The molecule has 0 aromatic heterocycles. The van der Waals surface area contributed by atoms with E-state index >= 15 is 0 Å². The van der Waals surface area contributed by atoms with Gasteiger partial charge < -0.3 is 5.32 Å². The molecular formula is C18H22BrNS. The fraction of sp³-hybridized carbons (Fsp3) is 0.333. The zero-order chi connectivity index (χ0) is 15.4. The quantitative estimate of drug-likeness (QED) is 0.710. The van der Waals surface area contributed by atoms with Gasteiger partial charge in [-0.1, -0.05) is 46.7 Å². The fourth-order valence-electron chi connectivity index (χ4n) is 2.27. The molecule has 2 aromatic rings. The molecule has 0 aliphatic heterocycles. The van der Waals surface area contributed by atoms with Gasteiger partial charge in [0, 0.05) is 20.3 Å². The molecule has 1 unspecified atom stereocenters. The Labute approximate surface area is 140 Å². The van der Waals surface area contributed by atoms with Gasteiger partial charge in [-0.25, -0.2) is 0 Å². The summed E-state index contributed by atoms with van der Waals surface area (Å²) in [5.74, 6) is 0. The van der Waals surface area contributed by atoms with Gasteiger partial charge in [-0.2, -0.15) is 0 Å². The van der Waals surface area contributed by atoms with Crippen molar-refractivity contribution < 1.29 is 0 Å². The SMILES string of the molecule is CCNC(C)c1ccc(Br)cc1Sc1ccc(C)c(C)c1. The number of nitrogens with one attached hydrogen (secondary N) is 1. The number of halogens is 1. The topological polar surface area (TPSA) is 12.0 Å². The van der Waals surface area contributed by atoms with Gasteiger partial charge in [0.1, 0.15) is 0 Å². The van der Waals surface area contributed by atoms with Gasteiger partial charge in [0.25, 0.3) is 0 Å². The van der Waals surface area contributed by atoms with Crippen LogP contribution in [0.15, 0.2) is 50.7 Å². The molecule has 1 N–H and O–H groups in total. The number of benzene rings is 2. The Balaban J connectivity index is 2.33. The number of aryl methyl sites for hydroxylation is 2. The van der Waals surface area contributed by atoms with Crippen LogP contribution < -0.4 is 5.32 Å². The van der Waals surface area contributed by atoms with Crippen LogP contribution in [0.3, 0.4) is 0 Å². The molecule has 0 fully saturated rings. The van der Waals surface area contributed by atoms with Gasteiger partial charge in [-0.15, -0.1) is 0 Å². The highest BCUT2D eigenvalue weighted by atomic mass is 79.9. The maximum absolute atomic E-state index is 3.59. The van der Waals surface area contributed by atoms with Crippen molar-refractivity contribution in [1.29, 1.82) is 0 Å². The van der Waals surface area contributed by atoms with Gasteiger partial charge in [-0.3, -0.25) is 0 Å². The van der Waals surface area contributed by atoms with Crippen molar-refractivity contribution in [2.75, 3.05) is 6.54 Å². The van der Waals surface area contributed by atoms with Gasteiger partial charge in [0.05, 0.1) is 0 Å². The van der Waals surface area contributed by atoms with Crippen LogP contribution in [-0.2, 0) is 0 Å². The monoisotopic (exact) mass is 363 g/mol. The number of hydrogen-bond donors (Lipinski definition) is 1. The Morgan fingerprint density at radius 2 is 1.86 bits per heavy atom. The summed E-state index contributed by atoms with van der Waals surface area (Å²) in [4.78, 5) is 2.60. The molecule has 1 atom stereocenters. The fourth-order valence-corrected chi connectivity index (χ4v) is 3.96. The van der Waals surface area contributed by atoms with Gasteiger partial charge >= 0.3 is 0 Å². The molecule has 3 heteroatoms. The first-order valence-electron chi connectivity index (χ1n) is 7.29. The summed E-state index contributed by atoms with van der Waals surface area (Å²) in [7, 11) is 0. The van der Waals surface area contributed by atoms with Crippen LogP contribution in [0.25, 0.3) is 0 Å². The highest BCUT2D eigenvalue weighted by Crippen LogP contribution is 2.35. The Morgan fingerprint density at radius 1 is 1.10 bits per heavy atom. The lowest BCUT2D eigenvalue weighted by atomic mass is 10.1. The minimum absolute atomic E-state index is 0.358. The summed E-state index contributed by atoms with van der Waals surface area (Å²) < 4.78 is 1.13. The highest BCUT2D eigenvalue weighted by Gasteiger charge is 2.11. The molecule has 2 aromatic carbocycles. The predicted molar refractivity (Wildman–Crippen MR) is 96.3 cm³/mol. The number of hydrogen-bond acceptors (Lipinski definition) is 2. The molecule has 21 heavy (non-hydrogen) atoms. The second-order valence-corrected chi connectivity index (χ2v) is 7.34. The first-order chi connectivity index (χ1) is 10.0. The predicted octanol–water partition coefficient (Wildman–Crippen LogP) is 5.89. The van der Waals surface area contributed by atoms with Crippen molar-refractivity contribution in [2.24, 2.45) is 0 Å². The molecule has 0 saturated carbocycles. The summed E-state index contributed by atoms with van der Waals surface area (Å²) in [5, 5.41) is 3.50. The zero-order valence-corrected chi connectivity index (χ0v) is 15.4. The molecule has 0 heterocycles. The molecule has 0 saturated heterocycles. The van der Waals surface area contributed by atoms with Crippen molar-refractivity contribution in [3.8, 4) is 0 Å². The average molecular weight is 364 g/mol. The Hall–Kier alpha value is -0.770. The Morgan fingerprint density at radius 3 is 2.52 bits per heavy atom. The second-order valence-electron chi connectivity index (χ2n) is 5.31. The average Bonchev–Trinajstić information content (AvgIpc) is 2.43. The van der Waals surface area contributed by atoms with Crippen molar-refractivity contribution in [3.63, 3.8) is 0 Å². The molecule has 0 radical (unpaired) electrons. The molecule has 0 aliphatic carbocycles. The summed E-state index contributed by atoms with van der Waals surface area (Å²) in [6.07, 6.45) is 0. The van der Waals surface area contributed by atoms with Crippen molar-refractivity contribution >= 4 is 27.7 Å². The summed E-state index contributed by atoms with van der Waals surface area (Å²) in [6, 6.07) is 13.6. The molecule has 0 aliphatic rings. The van der Waals surface area contributed by atoms with E-state index in [2.05, 4.69) is 85.3 Å². The van der Waals surface area contributed by atoms with E-state index in [0.29, 0.717) is 6.04 Å². The van der Waals surface area contributed by atoms with E-state index in [-0.39, 0.29) is 0 Å². The van der Waals surface area contributed by atoms with Crippen LogP contribution in [0.2, 0.25) is 0 Å². The van der Waals surface area contributed by atoms with Crippen LogP contribution in [0.4, 0.5) is 0 Å². The first kappa shape index (κ1) is 16.6. The van der Waals surface area contributed by atoms with E-state index in [4.69, 9.17) is 0 Å². The number of rotatable bonds is 5. The van der Waals surface area contributed by atoms with E-state index < -0.39 is 0 Å². The summed E-state index contributed by atoms with van der Waals surface area (Å²) in [6.45, 7) is 9.66. The minimum atomic E-state index is 0.358. The van der Waals surface area contributed by atoms with Crippen molar-refractivity contribution in [3.05, 3.63) is 57.6 Å². The maximum Gasteiger partial charge on any atom is 0.0302 e. The second kappa shape index (κ2) is 7.48. The summed E-state index contributed by atoms with van der Waals surface area (Å²) in [5.41, 5.74) is 4.04. The first-order valence-corrected chi connectivity index (χ1v) is 8.90. The Kier molecular flexibility index (Phi) is 5.91. The smallest absolute Gasteiger partial charge is 0.0302 e. The normalized spacial score (nSPS) is 12.4. The minimum Gasteiger partial charge on any atom is -0.310 e. The molecule has 0 amide bonds. The largest absolute Gasteiger partial charge is 0.310 e. The van der Waals surface area contributed by atoms with Crippen LogP contribution in [0.5, 0.6) is 0 Å². The molecule has 1 nitrogen and oxygen atoms in total. The third-order valence-corrected chi connectivity index (χ3v) is 5.21.